The maximum absolute atomic E-state index is 6.89. The van der Waals surface area contributed by atoms with Crippen molar-refractivity contribution < 1.29 is 14.2 Å². The summed E-state index contributed by atoms with van der Waals surface area (Å²) in [6.07, 6.45) is 7.17. The molecule has 5 aromatic rings. The molecule has 2 bridgehead atoms. The number of nitrogens with zero attached hydrogens (tertiary/aromatic N) is 7. The zero-order valence-corrected chi connectivity index (χ0v) is 27.4. The number of halogens is 1. The molecule has 2 atom stereocenters. The van der Waals surface area contributed by atoms with Crippen LogP contribution in [0.5, 0.6) is 11.5 Å². The highest BCUT2D eigenvalue weighted by Gasteiger charge is 2.38. The molecule has 10 nitrogen and oxygen atoms in total. The number of aryl methyl sites for hydroxylation is 1. The van der Waals surface area contributed by atoms with Crippen LogP contribution >= 0.6 is 11.6 Å². The van der Waals surface area contributed by atoms with Crippen molar-refractivity contribution in [3.05, 3.63) is 59.8 Å². The average Bonchev–Trinajstić information content (AvgIpc) is 3.80. The summed E-state index contributed by atoms with van der Waals surface area (Å²) < 4.78 is 22.1. The van der Waals surface area contributed by atoms with Crippen molar-refractivity contribution in [2.45, 2.75) is 64.5 Å². The fraction of sp³-hybridized carbons (Fsp3) is 0.438. The fourth-order valence-electron chi connectivity index (χ4n) is 5.96. The van der Waals surface area contributed by atoms with Crippen LogP contribution in [0.15, 0.2) is 48.9 Å². The van der Waals surface area contributed by atoms with E-state index >= 15 is 0 Å². The van der Waals surface area contributed by atoms with E-state index in [-0.39, 0.29) is 0 Å². The summed E-state index contributed by atoms with van der Waals surface area (Å²) in [5.74, 6) is 2.07. The molecule has 5 heterocycles. The van der Waals surface area contributed by atoms with Crippen molar-refractivity contribution in [1.82, 2.24) is 34.2 Å². The second kappa shape index (κ2) is 11.9. The Balaban J connectivity index is 1.07. The molecule has 2 fully saturated rings. The number of hydrogen-bond acceptors (Lipinski definition) is 8. The quantitative estimate of drug-likeness (QED) is 0.122. The summed E-state index contributed by atoms with van der Waals surface area (Å²) in [4.78, 5) is 16.7. The van der Waals surface area contributed by atoms with Gasteiger partial charge in [-0.25, -0.2) is 9.97 Å². The Morgan fingerprint density at radius 3 is 2.73 bits per heavy atom. The van der Waals surface area contributed by atoms with Crippen LogP contribution in [0.1, 0.15) is 12.2 Å². The molecule has 0 spiro atoms. The molecule has 7 rings (SSSR count). The molecule has 0 unspecified atom stereocenters. The zero-order valence-electron chi connectivity index (χ0n) is 25.7. The van der Waals surface area contributed by atoms with Gasteiger partial charge in [-0.15, -0.1) is 0 Å². The predicted octanol–water partition coefficient (Wildman–Crippen LogP) is 6.38. The van der Waals surface area contributed by atoms with E-state index in [9.17, 15) is 0 Å². The minimum Gasteiger partial charge on any atom is -0.456 e. The number of imidazole rings is 1. The van der Waals surface area contributed by atoms with Crippen molar-refractivity contribution in [3.8, 4) is 22.8 Å². The standard InChI is InChI=1S/C32H38ClN7O3Si/c1-21-36-26-6-5-24(14-29(26)40(21)20-41-11-12-44(2,3)4)43-30-8-7-27-32(31(30)33)37-28(16-34-27)22-15-35-39(17-22)10-9-38-18-25-13-23(38)19-42-25/h5-8,14-17,23,25H,9-13,18-20H2,1-4H3/t23-,25-/m0/s1. The number of aromatic nitrogens is 6. The van der Waals surface area contributed by atoms with Crippen molar-refractivity contribution in [2.75, 3.05) is 26.3 Å². The third-order valence-electron chi connectivity index (χ3n) is 8.53. The number of likely N-dealkylation sites (tertiary alicyclic amines) is 1. The van der Waals surface area contributed by atoms with Gasteiger partial charge in [-0.1, -0.05) is 31.2 Å². The Hall–Kier alpha value is -3.35. The highest BCUT2D eigenvalue weighted by Crippen LogP contribution is 2.36. The Kier molecular flexibility index (Phi) is 7.92. The van der Waals surface area contributed by atoms with Crippen molar-refractivity contribution >= 4 is 41.7 Å². The Labute approximate surface area is 262 Å². The largest absolute Gasteiger partial charge is 0.456 e. The third kappa shape index (κ3) is 6.11. The molecule has 0 aliphatic carbocycles. The van der Waals surface area contributed by atoms with Gasteiger partial charge in [-0.05, 0) is 43.7 Å². The molecule has 12 heteroatoms. The monoisotopic (exact) mass is 631 g/mol. The Bertz CT molecular complexity index is 1820. The summed E-state index contributed by atoms with van der Waals surface area (Å²) in [5.41, 5.74) is 4.74. The molecule has 44 heavy (non-hydrogen) atoms. The van der Waals surface area contributed by atoms with Crippen LogP contribution < -0.4 is 4.74 Å². The van der Waals surface area contributed by atoms with Gasteiger partial charge in [0.15, 0.2) is 0 Å². The summed E-state index contributed by atoms with van der Waals surface area (Å²) in [6.45, 7) is 13.9. The Morgan fingerprint density at radius 1 is 1.07 bits per heavy atom. The van der Waals surface area contributed by atoms with Gasteiger partial charge in [-0.3, -0.25) is 14.6 Å². The number of ether oxygens (including phenoxy) is 3. The van der Waals surface area contributed by atoms with Crippen LogP contribution in [-0.4, -0.2) is 80.7 Å². The van der Waals surface area contributed by atoms with Crippen LogP contribution in [0.4, 0.5) is 0 Å². The van der Waals surface area contributed by atoms with Crippen molar-refractivity contribution in [1.29, 1.82) is 0 Å². The van der Waals surface area contributed by atoms with Crippen LogP contribution in [0, 0.1) is 6.92 Å². The van der Waals surface area contributed by atoms with E-state index in [1.807, 2.05) is 54.3 Å². The van der Waals surface area contributed by atoms with E-state index in [1.54, 1.807) is 6.20 Å². The molecule has 2 aliphatic rings. The van der Waals surface area contributed by atoms with Gasteiger partial charge in [-0.2, -0.15) is 5.10 Å². The molecule has 3 aromatic heterocycles. The van der Waals surface area contributed by atoms with E-state index in [0.717, 1.165) is 67.7 Å². The van der Waals surface area contributed by atoms with E-state index in [1.165, 1.54) is 0 Å². The lowest BCUT2D eigenvalue weighted by molar-refractivity contribution is 0.0290. The van der Waals surface area contributed by atoms with E-state index in [0.29, 0.717) is 52.1 Å². The lowest BCUT2D eigenvalue weighted by Gasteiger charge is -2.26. The summed E-state index contributed by atoms with van der Waals surface area (Å²) >= 11 is 6.89. The first kappa shape index (κ1) is 29.4. The lowest BCUT2D eigenvalue weighted by atomic mass is 10.2. The Morgan fingerprint density at radius 2 is 1.93 bits per heavy atom. The van der Waals surface area contributed by atoms with Crippen molar-refractivity contribution in [3.63, 3.8) is 0 Å². The first-order valence-electron chi connectivity index (χ1n) is 15.3. The second-order valence-electron chi connectivity index (χ2n) is 13.0. The maximum Gasteiger partial charge on any atom is 0.148 e. The van der Waals surface area contributed by atoms with E-state index in [2.05, 4.69) is 39.2 Å². The van der Waals surface area contributed by atoms with Gasteiger partial charge in [0.1, 0.15) is 34.6 Å². The van der Waals surface area contributed by atoms with Crippen LogP contribution in [0.25, 0.3) is 33.3 Å². The molecule has 0 N–H and O–H groups in total. The molecule has 2 saturated heterocycles. The van der Waals surface area contributed by atoms with Gasteiger partial charge in [0.05, 0.1) is 53.9 Å². The summed E-state index contributed by atoms with van der Waals surface area (Å²) in [5, 5.41) is 4.99. The minimum absolute atomic E-state index is 0.402. The highest BCUT2D eigenvalue weighted by molar-refractivity contribution is 6.76. The van der Waals surface area contributed by atoms with Crippen LogP contribution in [0.3, 0.4) is 0 Å². The second-order valence-corrected chi connectivity index (χ2v) is 19.0. The molecule has 0 amide bonds. The van der Waals surface area contributed by atoms with Crippen molar-refractivity contribution in [2.24, 2.45) is 0 Å². The zero-order chi connectivity index (χ0) is 30.4. The molecular weight excluding hydrogens is 594 g/mol. The maximum atomic E-state index is 6.89. The fourth-order valence-corrected chi connectivity index (χ4v) is 6.95. The molecule has 0 radical (unpaired) electrons. The normalized spacial score (nSPS) is 18.7. The van der Waals surface area contributed by atoms with Crippen LogP contribution in [-0.2, 0) is 22.7 Å². The molecule has 230 valence electrons. The summed E-state index contributed by atoms with van der Waals surface area (Å²) in [7, 11) is -1.16. The predicted molar refractivity (Wildman–Crippen MR) is 174 cm³/mol. The van der Waals surface area contributed by atoms with Gasteiger partial charge in [0, 0.05) is 51.6 Å². The van der Waals surface area contributed by atoms with Gasteiger partial charge in [0.25, 0.3) is 0 Å². The number of rotatable bonds is 11. The molecule has 2 aromatic carbocycles. The topological polar surface area (TPSA) is 92.4 Å². The third-order valence-corrected chi connectivity index (χ3v) is 10.6. The summed E-state index contributed by atoms with van der Waals surface area (Å²) in [6, 6.07) is 11.2. The van der Waals surface area contributed by atoms with E-state index < -0.39 is 8.07 Å². The highest BCUT2D eigenvalue weighted by atomic mass is 35.5. The first-order valence-corrected chi connectivity index (χ1v) is 19.3. The van der Waals surface area contributed by atoms with E-state index in [4.69, 9.17) is 35.8 Å². The number of benzene rings is 2. The van der Waals surface area contributed by atoms with Gasteiger partial charge in [0.2, 0.25) is 0 Å². The average molecular weight is 632 g/mol. The van der Waals surface area contributed by atoms with Gasteiger partial charge < -0.3 is 18.8 Å². The number of hydrogen-bond donors (Lipinski definition) is 0. The molecule has 0 saturated carbocycles. The SMILES string of the molecule is Cc1nc2ccc(Oc3ccc4ncc(-c5cnn(CCN6C[C@@H]7C[C@H]6CO7)c5)nc4c3Cl)cc2n1COCC[Si](C)(C)C. The number of fused-ring (bicyclic) bond motifs is 4. The number of morpholine rings is 1. The van der Waals surface area contributed by atoms with Crippen LogP contribution in [0.2, 0.25) is 30.7 Å². The smallest absolute Gasteiger partial charge is 0.148 e. The van der Waals surface area contributed by atoms with Gasteiger partial charge >= 0.3 is 0 Å². The lowest BCUT2D eigenvalue weighted by Crippen LogP contribution is -2.38. The first-order chi connectivity index (χ1) is 21.2. The molecular formula is C32H38ClN7O3Si. The minimum atomic E-state index is -1.16. The molecule has 2 aliphatic heterocycles.